The van der Waals surface area contributed by atoms with E-state index in [1.165, 1.54) is 6.08 Å². The summed E-state index contributed by atoms with van der Waals surface area (Å²) in [5, 5.41) is 9.17. The Hall–Kier alpha value is -2.30. The molecule has 1 N–H and O–H groups in total. The SMILES string of the molecule is CCC[C@@]1(C(=O)O)OC(=O)/C(=C/c2ccccc2)O1. The van der Waals surface area contributed by atoms with Crippen LogP contribution >= 0.6 is 0 Å². The highest BCUT2D eigenvalue weighted by molar-refractivity contribution is 5.96. The number of aliphatic carboxylic acids is 1. The van der Waals surface area contributed by atoms with E-state index in [-0.39, 0.29) is 12.2 Å². The van der Waals surface area contributed by atoms with Crippen LogP contribution in [0.1, 0.15) is 25.3 Å². The number of esters is 1. The van der Waals surface area contributed by atoms with Crippen molar-refractivity contribution in [2.75, 3.05) is 0 Å². The minimum atomic E-state index is -1.88. The fourth-order valence-corrected chi connectivity index (χ4v) is 1.85. The summed E-state index contributed by atoms with van der Waals surface area (Å²) in [6.07, 6.45) is 2.11. The van der Waals surface area contributed by atoms with Gasteiger partial charge in [0.2, 0.25) is 5.76 Å². The number of hydrogen-bond donors (Lipinski definition) is 1. The number of cyclic esters (lactones) is 1. The average molecular weight is 262 g/mol. The first-order valence-electron chi connectivity index (χ1n) is 6.00. The number of carboxylic acids is 1. The summed E-state index contributed by atoms with van der Waals surface area (Å²) >= 11 is 0. The van der Waals surface area contributed by atoms with Crippen LogP contribution in [-0.4, -0.2) is 22.8 Å². The molecule has 5 heteroatoms. The molecule has 1 saturated heterocycles. The zero-order valence-corrected chi connectivity index (χ0v) is 10.5. The highest BCUT2D eigenvalue weighted by Gasteiger charge is 2.52. The van der Waals surface area contributed by atoms with Gasteiger partial charge in [-0.2, -0.15) is 0 Å². The van der Waals surface area contributed by atoms with Gasteiger partial charge in [-0.15, -0.1) is 0 Å². The summed E-state index contributed by atoms with van der Waals surface area (Å²) in [4.78, 5) is 22.9. The molecule has 100 valence electrons. The van der Waals surface area contributed by atoms with E-state index in [1.807, 2.05) is 18.2 Å². The lowest BCUT2D eigenvalue weighted by atomic mass is 10.1. The molecule has 19 heavy (non-hydrogen) atoms. The van der Waals surface area contributed by atoms with Gasteiger partial charge in [0.1, 0.15) is 0 Å². The summed E-state index contributed by atoms with van der Waals surface area (Å²) < 4.78 is 10.2. The van der Waals surface area contributed by atoms with Gasteiger partial charge in [-0.05, 0) is 18.1 Å². The van der Waals surface area contributed by atoms with Gasteiger partial charge in [0.25, 0.3) is 0 Å². The molecule has 1 aromatic carbocycles. The van der Waals surface area contributed by atoms with E-state index in [9.17, 15) is 9.59 Å². The standard InChI is InChI=1S/C14H14O5/c1-2-8-14(13(16)17)18-11(12(15)19-14)9-10-6-4-3-5-7-10/h3-7,9H,2,8H2,1H3,(H,16,17)/b11-9-/t14-/m0/s1. The maximum absolute atomic E-state index is 11.7. The van der Waals surface area contributed by atoms with Crippen molar-refractivity contribution in [3.63, 3.8) is 0 Å². The molecule has 0 unspecified atom stereocenters. The predicted molar refractivity (Wildman–Crippen MR) is 66.9 cm³/mol. The summed E-state index contributed by atoms with van der Waals surface area (Å²) in [5.74, 6) is -4.01. The fraction of sp³-hybridized carbons (Fsp3) is 0.286. The van der Waals surface area contributed by atoms with Crippen LogP contribution in [0, 0.1) is 0 Å². The van der Waals surface area contributed by atoms with Crippen molar-refractivity contribution in [3.8, 4) is 0 Å². The fourth-order valence-electron chi connectivity index (χ4n) is 1.85. The molecule has 1 aromatic rings. The van der Waals surface area contributed by atoms with Crippen molar-refractivity contribution >= 4 is 18.0 Å². The Kier molecular flexibility index (Phi) is 3.55. The van der Waals surface area contributed by atoms with Crippen molar-refractivity contribution in [2.45, 2.75) is 25.6 Å². The third-order valence-electron chi connectivity index (χ3n) is 2.74. The Balaban J connectivity index is 2.28. The second-order valence-corrected chi connectivity index (χ2v) is 4.22. The molecule has 1 heterocycles. The van der Waals surface area contributed by atoms with E-state index in [1.54, 1.807) is 19.1 Å². The highest BCUT2D eigenvalue weighted by Crippen LogP contribution is 2.32. The van der Waals surface area contributed by atoms with E-state index < -0.39 is 17.7 Å². The van der Waals surface area contributed by atoms with Crippen LogP contribution in [0.15, 0.2) is 36.1 Å². The van der Waals surface area contributed by atoms with Crippen molar-refractivity contribution in [2.24, 2.45) is 0 Å². The summed E-state index contributed by atoms with van der Waals surface area (Å²) in [5.41, 5.74) is 0.743. The average Bonchev–Trinajstić information content (AvgIpc) is 2.69. The second-order valence-electron chi connectivity index (χ2n) is 4.22. The van der Waals surface area contributed by atoms with E-state index in [2.05, 4.69) is 0 Å². The lowest BCUT2D eigenvalue weighted by molar-refractivity contribution is -0.202. The monoisotopic (exact) mass is 262 g/mol. The van der Waals surface area contributed by atoms with E-state index in [0.29, 0.717) is 6.42 Å². The van der Waals surface area contributed by atoms with Gasteiger partial charge in [0.15, 0.2) is 0 Å². The molecular weight excluding hydrogens is 248 g/mol. The molecule has 1 aliphatic rings. The maximum Gasteiger partial charge on any atom is 0.390 e. The van der Waals surface area contributed by atoms with Gasteiger partial charge in [0.05, 0.1) is 0 Å². The predicted octanol–water partition coefficient (Wildman–Crippen LogP) is 2.18. The van der Waals surface area contributed by atoms with Crippen molar-refractivity contribution in [3.05, 3.63) is 41.7 Å². The summed E-state index contributed by atoms with van der Waals surface area (Å²) in [6.45, 7) is 1.79. The van der Waals surface area contributed by atoms with Crippen LogP contribution in [0.2, 0.25) is 0 Å². The van der Waals surface area contributed by atoms with Gasteiger partial charge >= 0.3 is 17.7 Å². The molecule has 1 fully saturated rings. The Bertz CT molecular complexity index is 520. The molecule has 5 nitrogen and oxygen atoms in total. The van der Waals surface area contributed by atoms with Crippen LogP contribution in [0.25, 0.3) is 6.08 Å². The largest absolute Gasteiger partial charge is 0.475 e. The smallest absolute Gasteiger partial charge is 0.390 e. The second kappa shape index (κ2) is 5.14. The Morgan fingerprint density at radius 2 is 2.00 bits per heavy atom. The molecule has 0 aromatic heterocycles. The lowest BCUT2D eigenvalue weighted by Crippen LogP contribution is -2.39. The molecule has 1 atom stereocenters. The van der Waals surface area contributed by atoms with Gasteiger partial charge in [0, 0.05) is 6.42 Å². The summed E-state index contributed by atoms with van der Waals surface area (Å²) in [7, 11) is 0. The van der Waals surface area contributed by atoms with Crippen molar-refractivity contribution in [1.29, 1.82) is 0 Å². The Morgan fingerprint density at radius 3 is 2.58 bits per heavy atom. The van der Waals surface area contributed by atoms with Crippen LogP contribution < -0.4 is 0 Å². The third-order valence-corrected chi connectivity index (χ3v) is 2.74. The first-order valence-corrected chi connectivity index (χ1v) is 6.00. The van der Waals surface area contributed by atoms with Crippen LogP contribution in [0.5, 0.6) is 0 Å². The third kappa shape index (κ3) is 2.59. The Labute approximate surface area is 110 Å². The molecular formula is C14H14O5. The molecule has 0 amide bonds. The van der Waals surface area contributed by atoms with Crippen LogP contribution in [0.4, 0.5) is 0 Å². The first-order chi connectivity index (χ1) is 9.07. The number of benzene rings is 1. The maximum atomic E-state index is 11.7. The van der Waals surface area contributed by atoms with Crippen LogP contribution in [0.3, 0.4) is 0 Å². The van der Waals surface area contributed by atoms with Gasteiger partial charge in [-0.25, -0.2) is 9.59 Å². The number of ether oxygens (including phenoxy) is 2. The number of hydrogen-bond acceptors (Lipinski definition) is 4. The topological polar surface area (TPSA) is 72.8 Å². The molecule has 0 spiro atoms. The minimum absolute atomic E-state index is 0.0814. The quantitative estimate of drug-likeness (QED) is 0.665. The number of carbonyl (C=O) groups excluding carboxylic acids is 1. The molecule has 1 aliphatic heterocycles. The molecule has 0 aliphatic carbocycles. The number of rotatable bonds is 4. The molecule has 0 saturated carbocycles. The molecule has 2 rings (SSSR count). The lowest BCUT2D eigenvalue weighted by Gasteiger charge is -2.20. The number of carbonyl (C=O) groups is 2. The summed E-state index contributed by atoms with van der Waals surface area (Å²) in [6, 6.07) is 9.02. The minimum Gasteiger partial charge on any atom is -0.475 e. The number of carboxylic acid groups (broad SMARTS) is 1. The zero-order chi connectivity index (χ0) is 13.9. The normalized spacial score (nSPS) is 24.1. The van der Waals surface area contributed by atoms with Gasteiger partial charge in [-0.3, -0.25) is 0 Å². The first kappa shape index (κ1) is 13.1. The van der Waals surface area contributed by atoms with Crippen molar-refractivity contribution < 1.29 is 24.2 Å². The van der Waals surface area contributed by atoms with E-state index >= 15 is 0 Å². The van der Waals surface area contributed by atoms with E-state index in [4.69, 9.17) is 14.6 Å². The van der Waals surface area contributed by atoms with Gasteiger partial charge < -0.3 is 14.6 Å². The zero-order valence-electron chi connectivity index (χ0n) is 10.5. The highest BCUT2D eigenvalue weighted by atomic mass is 16.8. The van der Waals surface area contributed by atoms with Crippen LogP contribution in [-0.2, 0) is 19.1 Å². The van der Waals surface area contributed by atoms with Crippen molar-refractivity contribution in [1.82, 2.24) is 0 Å². The molecule has 0 radical (unpaired) electrons. The van der Waals surface area contributed by atoms with E-state index in [0.717, 1.165) is 5.56 Å². The Morgan fingerprint density at radius 1 is 1.32 bits per heavy atom. The molecule has 0 bridgehead atoms. The van der Waals surface area contributed by atoms with Gasteiger partial charge in [-0.1, -0.05) is 37.3 Å².